The summed E-state index contributed by atoms with van der Waals surface area (Å²) in [5.74, 6) is 0.860. The highest BCUT2D eigenvalue weighted by Gasteiger charge is 2.08. The van der Waals surface area contributed by atoms with E-state index in [1.165, 1.54) is 13.3 Å². The molecule has 2 N–H and O–H groups in total. The van der Waals surface area contributed by atoms with Crippen LogP contribution in [0.25, 0.3) is 0 Å². The fraction of sp³-hybridized carbons (Fsp3) is 0.167. The Hall–Kier alpha value is -1.85. The Labute approximate surface area is 110 Å². The first-order valence-corrected chi connectivity index (χ1v) is 5.64. The number of ether oxygens (including phenoxy) is 2. The third kappa shape index (κ3) is 2.88. The van der Waals surface area contributed by atoms with Crippen LogP contribution in [0.2, 0.25) is 5.02 Å². The van der Waals surface area contributed by atoms with E-state index in [9.17, 15) is 0 Å². The van der Waals surface area contributed by atoms with Crippen LogP contribution in [0.3, 0.4) is 0 Å². The summed E-state index contributed by atoms with van der Waals surface area (Å²) in [6.07, 6.45) is 1.43. The van der Waals surface area contributed by atoms with Crippen LogP contribution >= 0.6 is 11.6 Å². The standard InChI is InChI=1S/C12H12ClN3O2/c1-17-12-15-7-10(13)11(16-12)18-9-4-2-3-8(5-9)6-14/h2-5,7H,6,14H2,1H3. The van der Waals surface area contributed by atoms with Crippen LogP contribution in [0.1, 0.15) is 5.56 Å². The van der Waals surface area contributed by atoms with E-state index in [0.717, 1.165) is 5.56 Å². The Morgan fingerprint density at radius 3 is 2.94 bits per heavy atom. The minimum Gasteiger partial charge on any atom is -0.467 e. The van der Waals surface area contributed by atoms with Gasteiger partial charge in [0.1, 0.15) is 10.8 Å². The molecule has 94 valence electrons. The second-order valence-electron chi connectivity index (χ2n) is 3.46. The molecule has 2 rings (SSSR count). The van der Waals surface area contributed by atoms with Gasteiger partial charge in [0.15, 0.2) is 0 Å². The van der Waals surface area contributed by atoms with Crippen LogP contribution < -0.4 is 15.2 Å². The predicted molar refractivity (Wildman–Crippen MR) is 68.0 cm³/mol. The molecule has 1 aromatic heterocycles. The summed E-state index contributed by atoms with van der Waals surface area (Å²) < 4.78 is 10.5. The number of nitrogens with two attached hydrogens (primary N) is 1. The number of benzene rings is 1. The fourth-order valence-corrected chi connectivity index (χ4v) is 1.48. The summed E-state index contributed by atoms with van der Waals surface area (Å²) in [7, 11) is 1.47. The molecule has 0 atom stereocenters. The molecule has 0 aliphatic rings. The third-order valence-electron chi connectivity index (χ3n) is 2.22. The SMILES string of the molecule is COc1ncc(Cl)c(Oc2cccc(CN)c2)n1. The fourth-order valence-electron chi connectivity index (χ4n) is 1.35. The summed E-state index contributed by atoms with van der Waals surface area (Å²) in [5.41, 5.74) is 6.52. The van der Waals surface area contributed by atoms with Crippen molar-refractivity contribution in [2.75, 3.05) is 7.11 Å². The van der Waals surface area contributed by atoms with Crippen molar-refractivity contribution in [3.63, 3.8) is 0 Å². The van der Waals surface area contributed by atoms with Crippen molar-refractivity contribution in [1.82, 2.24) is 9.97 Å². The number of rotatable bonds is 4. The van der Waals surface area contributed by atoms with Crippen molar-refractivity contribution < 1.29 is 9.47 Å². The number of halogens is 1. The van der Waals surface area contributed by atoms with Crippen molar-refractivity contribution >= 4 is 11.6 Å². The van der Waals surface area contributed by atoms with E-state index >= 15 is 0 Å². The molecule has 0 unspecified atom stereocenters. The molecule has 0 saturated heterocycles. The molecule has 2 aromatic rings. The Morgan fingerprint density at radius 2 is 2.22 bits per heavy atom. The highest BCUT2D eigenvalue weighted by Crippen LogP contribution is 2.28. The van der Waals surface area contributed by atoms with E-state index in [1.54, 1.807) is 6.07 Å². The van der Waals surface area contributed by atoms with Gasteiger partial charge in [-0.1, -0.05) is 23.7 Å². The summed E-state index contributed by atoms with van der Waals surface area (Å²) in [6, 6.07) is 7.58. The molecule has 0 saturated carbocycles. The zero-order valence-corrected chi connectivity index (χ0v) is 10.5. The quantitative estimate of drug-likeness (QED) is 0.919. The van der Waals surface area contributed by atoms with Crippen LogP contribution in [0.15, 0.2) is 30.5 Å². The Balaban J connectivity index is 2.27. The monoisotopic (exact) mass is 265 g/mol. The molecule has 0 radical (unpaired) electrons. The highest BCUT2D eigenvalue weighted by atomic mass is 35.5. The number of nitrogens with zero attached hydrogens (tertiary/aromatic N) is 2. The summed E-state index contributed by atoms with van der Waals surface area (Å²) >= 11 is 5.95. The second kappa shape index (κ2) is 5.66. The van der Waals surface area contributed by atoms with E-state index in [4.69, 9.17) is 26.8 Å². The summed E-state index contributed by atoms with van der Waals surface area (Å²) in [4.78, 5) is 7.89. The van der Waals surface area contributed by atoms with Gasteiger partial charge in [0.05, 0.1) is 13.3 Å². The molecule has 5 nitrogen and oxygen atoms in total. The number of hydrogen-bond donors (Lipinski definition) is 1. The lowest BCUT2D eigenvalue weighted by Crippen LogP contribution is -1.98. The van der Waals surface area contributed by atoms with Crippen LogP contribution in [0, 0.1) is 0 Å². The molecule has 0 spiro atoms. The van der Waals surface area contributed by atoms with Crippen LogP contribution in [0.4, 0.5) is 0 Å². The van der Waals surface area contributed by atoms with Crippen molar-refractivity contribution in [2.45, 2.75) is 6.54 Å². The van der Waals surface area contributed by atoms with E-state index in [2.05, 4.69) is 9.97 Å². The van der Waals surface area contributed by atoms with Crippen molar-refractivity contribution in [3.8, 4) is 17.6 Å². The molecule has 1 aromatic carbocycles. The lowest BCUT2D eigenvalue weighted by atomic mass is 10.2. The first kappa shape index (κ1) is 12.6. The Kier molecular flexibility index (Phi) is 3.96. The van der Waals surface area contributed by atoms with Crippen LogP contribution in [-0.4, -0.2) is 17.1 Å². The minimum absolute atomic E-state index is 0.198. The minimum atomic E-state index is 0.198. The zero-order valence-electron chi connectivity index (χ0n) is 9.76. The largest absolute Gasteiger partial charge is 0.467 e. The van der Waals surface area contributed by atoms with Gasteiger partial charge in [0.2, 0.25) is 5.88 Å². The molecule has 0 bridgehead atoms. The van der Waals surface area contributed by atoms with Gasteiger partial charge < -0.3 is 15.2 Å². The zero-order chi connectivity index (χ0) is 13.0. The van der Waals surface area contributed by atoms with Crippen molar-refractivity contribution in [1.29, 1.82) is 0 Å². The molecule has 0 aliphatic heterocycles. The molecular formula is C12H12ClN3O2. The molecular weight excluding hydrogens is 254 g/mol. The van der Waals surface area contributed by atoms with Crippen molar-refractivity contribution in [3.05, 3.63) is 41.0 Å². The summed E-state index contributed by atoms with van der Waals surface area (Å²) in [6.45, 7) is 0.442. The van der Waals surface area contributed by atoms with Crippen LogP contribution in [-0.2, 0) is 6.54 Å². The smallest absolute Gasteiger partial charge is 0.319 e. The van der Waals surface area contributed by atoms with Crippen molar-refractivity contribution in [2.24, 2.45) is 5.73 Å². The Bertz CT molecular complexity index is 549. The normalized spacial score (nSPS) is 10.2. The number of aromatic nitrogens is 2. The highest BCUT2D eigenvalue weighted by molar-refractivity contribution is 6.31. The molecule has 6 heteroatoms. The van der Waals surface area contributed by atoms with Gasteiger partial charge in [-0.25, -0.2) is 4.98 Å². The first-order chi connectivity index (χ1) is 8.72. The third-order valence-corrected chi connectivity index (χ3v) is 2.48. The predicted octanol–water partition coefficient (Wildman–Crippen LogP) is 2.39. The molecule has 0 amide bonds. The van der Waals surface area contributed by atoms with E-state index < -0.39 is 0 Å². The van der Waals surface area contributed by atoms with Gasteiger partial charge in [0, 0.05) is 6.54 Å². The van der Waals surface area contributed by atoms with E-state index in [-0.39, 0.29) is 11.9 Å². The van der Waals surface area contributed by atoms with Crippen LogP contribution in [0.5, 0.6) is 17.6 Å². The van der Waals surface area contributed by atoms with E-state index in [1.807, 2.05) is 18.2 Å². The average molecular weight is 266 g/mol. The summed E-state index contributed by atoms with van der Waals surface area (Å²) in [5, 5.41) is 0.314. The number of methoxy groups -OCH3 is 1. The maximum absolute atomic E-state index is 5.95. The lowest BCUT2D eigenvalue weighted by Gasteiger charge is -2.08. The van der Waals surface area contributed by atoms with Gasteiger partial charge in [-0.05, 0) is 17.7 Å². The molecule has 0 aliphatic carbocycles. The van der Waals surface area contributed by atoms with E-state index in [0.29, 0.717) is 17.3 Å². The lowest BCUT2D eigenvalue weighted by molar-refractivity contribution is 0.366. The topological polar surface area (TPSA) is 70.3 Å². The molecule has 0 fully saturated rings. The molecule has 1 heterocycles. The molecule has 18 heavy (non-hydrogen) atoms. The van der Waals surface area contributed by atoms with Gasteiger partial charge in [-0.15, -0.1) is 0 Å². The van der Waals surface area contributed by atoms with Gasteiger partial charge in [-0.2, -0.15) is 4.98 Å². The van der Waals surface area contributed by atoms with Gasteiger partial charge in [0.25, 0.3) is 0 Å². The second-order valence-corrected chi connectivity index (χ2v) is 3.87. The Morgan fingerprint density at radius 1 is 1.39 bits per heavy atom. The maximum Gasteiger partial charge on any atom is 0.319 e. The first-order valence-electron chi connectivity index (χ1n) is 5.26. The van der Waals surface area contributed by atoms with Gasteiger partial charge in [-0.3, -0.25) is 0 Å². The average Bonchev–Trinajstić information content (AvgIpc) is 2.41. The maximum atomic E-state index is 5.95. The number of hydrogen-bond acceptors (Lipinski definition) is 5. The van der Waals surface area contributed by atoms with Gasteiger partial charge >= 0.3 is 6.01 Å².